The lowest BCUT2D eigenvalue weighted by Crippen LogP contribution is -1.90. The van der Waals surface area contributed by atoms with Crippen LogP contribution in [0.25, 0.3) is 0 Å². The SMILES string of the molecule is COc1ncccc1C#CC(C)C. The molecule has 0 saturated heterocycles. The molecule has 0 atom stereocenters. The zero-order valence-electron chi connectivity index (χ0n) is 8.16. The number of hydrogen-bond acceptors (Lipinski definition) is 2. The van der Waals surface area contributed by atoms with E-state index < -0.39 is 0 Å². The van der Waals surface area contributed by atoms with E-state index in [1.54, 1.807) is 13.3 Å². The van der Waals surface area contributed by atoms with Crippen LogP contribution >= 0.6 is 0 Å². The number of rotatable bonds is 1. The Morgan fingerprint density at radius 3 is 2.85 bits per heavy atom. The number of pyridine rings is 1. The van der Waals surface area contributed by atoms with Gasteiger partial charge in [-0.25, -0.2) is 4.98 Å². The molecule has 0 spiro atoms. The van der Waals surface area contributed by atoms with E-state index in [2.05, 4.69) is 30.7 Å². The van der Waals surface area contributed by atoms with Gasteiger partial charge in [0, 0.05) is 12.1 Å². The summed E-state index contributed by atoms with van der Waals surface area (Å²) in [5.41, 5.74) is 0.846. The minimum Gasteiger partial charge on any atom is -0.480 e. The summed E-state index contributed by atoms with van der Waals surface area (Å²) in [5.74, 6) is 7.05. The van der Waals surface area contributed by atoms with Gasteiger partial charge in [-0.05, 0) is 12.1 Å². The molecule has 0 aliphatic carbocycles. The van der Waals surface area contributed by atoms with Crippen molar-refractivity contribution in [3.05, 3.63) is 23.9 Å². The molecule has 68 valence electrons. The van der Waals surface area contributed by atoms with Crippen molar-refractivity contribution in [1.29, 1.82) is 0 Å². The molecule has 0 bridgehead atoms. The summed E-state index contributed by atoms with van der Waals surface area (Å²) in [7, 11) is 1.60. The lowest BCUT2D eigenvalue weighted by atomic mass is 10.2. The van der Waals surface area contributed by atoms with E-state index in [0.29, 0.717) is 11.8 Å². The molecule has 2 heteroatoms. The fraction of sp³-hybridized carbons (Fsp3) is 0.364. The van der Waals surface area contributed by atoms with Gasteiger partial charge >= 0.3 is 0 Å². The molecule has 0 aliphatic rings. The Bertz CT molecular complexity index is 333. The highest BCUT2D eigenvalue weighted by molar-refractivity contribution is 5.41. The van der Waals surface area contributed by atoms with Gasteiger partial charge < -0.3 is 4.74 Å². The first kappa shape index (κ1) is 9.60. The molecule has 1 rings (SSSR count). The van der Waals surface area contributed by atoms with E-state index in [9.17, 15) is 0 Å². The highest BCUT2D eigenvalue weighted by Crippen LogP contribution is 2.11. The summed E-state index contributed by atoms with van der Waals surface area (Å²) in [5, 5.41) is 0. The van der Waals surface area contributed by atoms with Crippen LogP contribution < -0.4 is 4.74 Å². The van der Waals surface area contributed by atoms with Crippen LogP contribution in [-0.2, 0) is 0 Å². The third kappa shape index (κ3) is 2.79. The molecule has 0 aromatic carbocycles. The van der Waals surface area contributed by atoms with Crippen LogP contribution in [0.15, 0.2) is 18.3 Å². The van der Waals surface area contributed by atoms with E-state index in [4.69, 9.17) is 4.74 Å². The predicted octanol–water partition coefficient (Wildman–Crippen LogP) is 2.10. The maximum atomic E-state index is 5.06. The van der Waals surface area contributed by atoms with Crippen LogP contribution in [0.4, 0.5) is 0 Å². The first-order valence-corrected chi connectivity index (χ1v) is 4.24. The van der Waals surface area contributed by atoms with Gasteiger partial charge in [-0.15, -0.1) is 0 Å². The monoisotopic (exact) mass is 175 g/mol. The van der Waals surface area contributed by atoms with E-state index in [1.807, 2.05) is 12.1 Å². The van der Waals surface area contributed by atoms with E-state index >= 15 is 0 Å². The van der Waals surface area contributed by atoms with Crippen LogP contribution in [0, 0.1) is 17.8 Å². The van der Waals surface area contributed by atoms with E-state index in [-0.39, 0.29) is 0 Å². The summed E-state index contributed by atoms with van der Waals surface area (Å²) in [4.78, 5) is 4.05. The van der Waals surface area contributed by atoms with E-state index in [1.165, 1.54) is 0 Å². The van der Waals surface area contributed by atoms with Gasteiger partial charge in [-0.2, -0.15) is 0 Å². The summed E-state index contributed by atoms with van der Waals surface area (Å²) in [6.07, 6.45) is 1.69. The van der Waals surface area contributed by atoms with Gasteiger partial charge in [0.1, 0.15) is 0 Å². The fourth-order valence-corrected chi connectivity index (χ4v) is 0.871. The second-order valence-electron chi connectivity index (χ2n) is 2.98. The molecule has 13 heavy (non-hydrogen) atoms. The minimum absolute atomic E-state index is 0.366. The van der Waals surface area contributed by atoms with Crippen molar-refractivity contribution in [2.45, 2.75) is 13.8 Å². The molecule has 0 radical (unpaired) electrons. The fourth-order valence-electron chi connectivity index (χ4n) is 0.871. The number of ether oxygens (including phenoxy) is 1. The molecule has 0 unspecified atom stereocenters. The Hall–Kier alpha value is -1.49. The normalized spacial score (nSPS) is 9.23. The molecule has 0 saturated carbocycles. The average Bonchev–Trinajstić information content (AvgIpc) is 2.15. The molecule has 0 N–H and O–H groups in total. The Morgan fingerprint density at radius 1 is 1.46 bits per heavy atom. The second-order valence-corrected chi connectivity index (χ2v) is 2.98. The Kier molecular flexibility index (Phi) is 3.33. The summed E-state index contributed by atoms with van der Waals surface area (Å²) < 4.78 is 5.06. The maximum Gasteiger partial charge on any atom is 0.229 e. The zero-order valence-corrected chi connectivity index (χ0v) is 8.16. The van der Waals surface area contributed by atoms with E-state index in [0.717, 1.165) is 5.56 Å². The summed E-state index contributed by atoms with van der Waals surface area (Å²) >= 11 is 0. The Labute approximate surface area is 79.0 Å². The molecule has 0 aliphatic heterocycles. The van der Waals surface area contributed by atoms with Crippen molar-refractivity contribution in [2.75, 3.05) is 7.11 Å². The molecular formula is C11H13NO. The van der Waals surface area contributed by atoms with Crippen molar-refractivity contribution in [1.82, 2.24) is 4.98 Å². The van der Waals surface area contributed by atoms with Crippen molar-refractivity contribution in [3.8, 4) is 17.7 Å². The third-order valence-corrected chi connectivity index (χ3v) is 1.46. The van der Waals surface area contributed by atoms with Gasteiger partial charge in [-0.1, -0.05) is 25.7 Å². The average molecular weight is 175 g/mol. The first-order chi connectivity index (χ1) is 6.24. The van der Waals surface area contributed by atoms with Crippen LogP contribution in [0.3, 0.4) is 0 Å². The van der Waals surface area contributed by atoms with Crippen LogP contribution in [-0.4, -0.2) is 12.1 Å². The molecule has 2 nitrogen and oxygen atoms in total. The highest BCUT2D eigenvalue weighted by Gasteiger charge is 1.97. The third-order valence-electron chi connectivity index (χ3n) is 1.46. The van der Waals surface area contributed by atoms with Gasteiger partial charge in [0.25, 0.3) is 0 Å². The summed E-state index contributed by atoms with van der Waals surface area (Å²) in [6, 6.07) is 3.76. The molecule has 1 aromatic heterocycles. The van der Waals surface area contributed by atoms with Gasteiger partial charge in [0.2, 0.25) is 5.88 Å². The molecule has 1 aromatic rings. The Morgan fingerprint density at radius 2 is 2.23 bits per heavy atom. The van der Waals surface area contributed by atoms with Crippen molar-refractivity contribution >= 4 is 0 Å². The lowest BCUT2D eigenvalue weighted by molar-refractivity contribution is 0.396. The minimum atomic E-state index is 0.366. The zero-order chi connectivity index (χ0) is 9.68. The molecular weight excluding hydrogens is 162 g/mol. The quantitative estimate of drug-likeness (QED) is 0.610. The Balaban J connectivity index is 2.95. The van der Waals surface area contributed by atoms with Crippen molar-refractivity contribution in [3.63, 3.8) is 0 Å². The molecule has 0 amide bonds. The highest BCUT2D eigenvalue weighted by atomic mass is 16.5. The molecule has 1 heterocycles. The van der Waals surface area contributed by atoms with Gasteiger partial charge in [0.05, 0.1) is 12.7 Å². The maximum absolute atomic E-state index is 5.06. The van der Waals surface area contributed by atoms with Crippen LogP contribution in [0.5, 0.6) is 5.88 Å². The summed E-state index contributed by atoms with van der Waals surface area (Å²) in [6.45, 7) is 4.10. The largest absolute Gasteiger partial charge is 0.480 e. The van der Waals surface area contributed by atoms with Crippen molar-refractivity contribution in [2.24, 2.45) is 5.92 Å². The van der Waals surface area contributed by atoms with Crippen molar-refractivity contribution < 1.29 is 4.74 Å². The lowest BCUT2D eigenvalue weighted by Gasteiger charge is -1.99. The second kappa shape index (κ2) is 4.51. The predicted molar refractivity (Wildman–Crippen MR) is 52.5 cm³/mol. The smallest absolute Gasteiger partial charge is 0.229 e. The standard InChI is InChI=1S/C11H13NO/c1-9(2)6-7-10-5-4-8-12-11(10)13-3/h4-5,8-9H,1-3H3. The number of hydrogen-bond donors (Lipinski definition) is 0. The van der Waals surface area contributed by atoms with Gasteiger partial charge in [0.15, 0.2) is 0 Å². The first-order valence-electron chi connectivity index (χ1n) is 4.24. The van der Waals surface area contributed by atoms with Crippen LogP contribution in [0.1, 0.15) is 19.4 Å². The number of aromatic nitrogens is 1. The van der Waals surface area contributed by atoms with Crippen LogP contribution in [0.2, 0.25) is 0 Å². The number of nitrogens with zero attached hydrogens (tertiary/aromatic N) is 1. The molecule has 0 fully saturated rings. The topological polar surface area (TPSA) is 22.1 Å². The van der Waals surface area contributed by atoms with Gasteiger partial charge in [-0.3, -0.25) is 0 Å². The number of methoxy groups -OCH3 is 1.